The van der Waals surface area contributed by atoms with E-state index in [0.29, 0.717) is 23.7 Å². The maximum Gasteiger partial charge on any atom is 0.289 e. The zero-order chi connectivity index (χ0) is 16.6. The third-order valence-corrected chi connectivity index (χ3v) is 5.20. The molecule has 2 aliphatic rings. The van der Waals surface area contributed by atoms with Gasteiger partial charge in [-0.2, -0.15) is 0 Å². The van der Waals surface area contributed by atoms with Crippen LogP contribution in [0.5, 0.6) is 0 Å². The maximum absolute atomic E-state index is 13.7. The van der Waals surface area contributed by atoms with E-state index in [1.54, 1.807) is 11.0 Å². The molecule has 1 aromatic rings. The largest absolute Gasteiger partial charge is 0.338 e. The minimum Gasteiger partial charge on any atom is -0.338 e. The van der Waals surface area contributed by atoms with Gasteiger partial charge in [0.1, 0.15) is 5.82 Å². The number of amides is 3. The van der Waals surface area contributed by atoms with Gasteiger partial charge in [-0.25, -0.2) is 4.39 Å². The third kappa shape index (κ3) is 3.21. The average Bonchev–Trinajstić information content (AvgIpc) is 2.77. The van der Waals surface area contributed by atoms with Gasteiger partial charge in [0.2, 0.25) is 11.8 Å². The number of likely N-dealkylation sites (tertiary alicyclic amines) is 1. The summed E-state index contributed by atoms with van der Waals surface area (Å²) >= 11 is 6.92. The number of rotatable bonds is 4. The zero-order valence-corrected chi connectivity index (χ0v) is 13.7. The van der Waals surface area contributed by atoms with Crippen LogP contribution >= 0.6 is 23.4 Å². The summed E-state index contributed by atoms with van der Waals surface area (Å²) in [6.45, 7) is 0.698. The summed E-state index contributed by atoms with van der Waals surface area (Å²) in [5.74, 6) is -0.575. The number of benzene rings is 1. The van der Waals surface area contributed by atoms with Crippen molar-refractivity contribution in [2.24, 2.45) is 0 Å². The molecule has 2 heterocycles. The summed E-state index contributed by atoms with van der Waals surface area (Å²) in [6, 6.07) is 4.19. The van der Waals surface area contributed by atoms with Crippen LogP contribution in [0.1, 0.15) is 12.0 Å². The number of halogens is 2. The predicted octanol–water partition coefficient (Wildman–Crippen LogP) is 2.32. The van der Waals surface area contributed by atoms with E-state index in [4.69, 9.17) is 11.6 Å². The molecule has 0 aliphatic carbocycles. The van der Waals surface area contributed by atoms with Crippen molar-refractivity contribution in [2.75, 3.05) is 18.8 Å². The minimum atomic E-state index is -0.419. The topological polar surface area (TPSA) is 57.7 Å². The fraction of sp³-hybridized carbons (Fsp3) is 0.400. The lowest BCUT2D eigenvalue weighted by atomic mass is 10.0. The predicted molar refractivity (Wildman–Crippen MR) is 84.8 cm³/mol. The monoisotopic (exact) mass is 356 g/mol. The smallest absolute Gasteiger partial charge is 0.289 e. The zero-order valence-electron chi connectivity index (χ0n) is 12.1. The molecule has 0 unspecified atom stereocenters. The Morgan fingerprint density at radius 2 is 2.09 bits per heavy atom. The van der Waals surface area contributed by atoms with Gasteiger partial charge in [0.05, 0.1) is 11.8 Å². The Morgan fingerprint density at radius 1 is 1.35 bits per heavy atom. The fourth-order valence-electron chi connectivity index (χ4n) is 2.70. The Labute approximate surface area is 141 Å². The molecule has 23 heavy (non-hydrogen) atoms. The standard InChI is InChI=1S/C15H14ClFN2O3S/c16-11-2-1-3-12(17)10(11)4-5-13(20)18-6-9(7-18)19-14(21)8-23-15(19)22/h1-3,9H,4-8H2. The molecule has 0 bridgehead atoms. The van der Waals surface area contributed by atoms with Crippen LogP contribution in [0.3, 0.4) is 0 Å². The van der Waals surface area contributed by atoms with Crippen LogP contribution in [0.4, 0.5) is 9.18 Å². The van der Waals surface area contributed by atoms with E-state index >= 15 is 0 Å². The molecule has 2 aliphatic heterocycles. The molecule has 5 nitrogen and oxygen atoms in total. The van der Waals surface area contributed by atoms with Gasteiger partial charge in [0.15, 0.2) is 0 Å². The van der Waals surface area contributed by atoms with Crippen molar-refractivity contribution < 1.29 is 18.8 Å². The van der Waals surface area contributed by atoms with E-state index in [1.165, 1.54) is 17.0 Å². The second-order valence-electron chi connectivity index (χ2n) is 5.47. The highest BCUT2D eigenvalue weighted by molar-refractivity contribution is 8.14. The van der Waals surface area contributed by atoms with Gasteiger partial charge >= 0.3 is 0 Å². The van der Waals surface area contributed by atoms with Crippen molar-refractivity contribution in [3.63, 3.8) is 0 Å². The molecule has 8 heteroatoms. The number of thioether (sulfide) groups is 1. The highest BCUT2D eigenvalue weighted by Gasteiger charge is 2.43. The van der Waals surface area contributed by atoms with E-state index in [-0.39, 0.29) is 41.7 Å². The second kappa shape index (κ2) is 6.49. The van der Waals surface area contributed by atoms with Crippen LogP contribution in [-0.2, 0) is 16.0 Å². The van der Waals surface area contributed by atoms with Crippen LogP contribution in [0.25, 0.3) is 0 Å². The van der Waals surface area contributed by atoms with Crippen LogP contribution < -0.4 is 0 Å². The number of hydrogen-bond acceptors (Lipinski definition) is 4. The van der Waals surface area contributed by atoms with E-state index in [2.05, 4.69) is 0 Å². The number of carbonyl (C=O) groups excluding carboxylic acids is 3. The lowest BCUT2D eigenvalue weighted by Crippen LogP contribution is -2.62. The summed E-state index contributed by atoms with van der Waals surface area (Å²) in [5, 5.41) is 0.0646. The first-order valence-electron chi connectivity index (χ1n) is 7.17. The minimum absolute atomic E-state index is 0.132. The number of hydrogen-bond donors (Lipinski definition) is 0. The molecule has 1 aromatic carbocycles. The van der Waals surface area contributed by atoms with Crippen molar-refractivity contribution in [3.8, 4) is 0 Å². The molecule has 0 atom stereocenters. The molecule has 2 saturated heterocycles. The van der Waals surface area contributed by atoms with Gasteiger partial charge in [0, 0.05) is 30.1 Å². The van der Waals surface area contributed by atoms with Crippen LogP contribution in [0, 0.1) is 5.82 Å². The number of nitrogens with zero attached hydrogens (tertiary/aromatic N) is 2. The van der Waals surface area contributed by atoms with Crippen molar-refractivity contribution in [1.29, 1.82) is 0 Å². The Hall–Kier alpha value is -1.60. The molecular weight excluding hydrogens is 343 g/mol. The maximum atomic E-state index is 13.7. The van der Waals surface area contributed by atoms with E-state index in [1.807, 2.05) is 0 Å². The quantitative estimate of drug-likeness (QED) is 0.830. The Balaban J connectivity index is 1.51. The molecule has 2 fully saturated rings. The van der Waals surface area contributed by atoms with Crippen molar-refractivity contribution >= 4 is 40.4 Å². The van der Waals surface area contributed by atoms with Crippen molar-refractivity contribution in [2.45, 2.75) is 18.9 Å². The molecule has 122 valence electrons. The lowest BCUT2D eigenvalue weighted by molar-refractivity contribution is -0.142. The summed E-state index contributed by atoms with van der Waals surface area (Å²) in [5.41, 5.74) is 0.334. The molecule has 0 aromatic heterocycles. The number of imide groups is 1. The Bertz CT molecular complexity index is 642. The van der Waals surface area contributed by atoms with Crippen LogP contribution in [-0.4, -0.2) is 51.7 Å². The van der Waals surface area contributed by atoms with Crippen molar-refractivity contribution in [3.05, 3.63) is 34.6 Å². The molecular formula is C15H14ClFN2O3S. The van der Waals surface area contributed by atoms with Crippen LogP contribution in [0.2, 0.25) is 5.02 Å². The third-order valence-electron chi connectivity index (χ3n) is 4.02. The first-order chi connectivity index (χ1) is 11.0. The Kier molecular flexibility index (Phi) is 4.59. The van der Waals surface area contributed by atoms with E-state index < -0.39 is 5.82 Å². The highest BCUT2D eigenvalue weighted by atomic mass is 35.5. The molecule has 0 saturated carbocycles. The summed E-state index contributed by atoms with van der Waals surface area (Å²) in [6.07, 6.45) is 0.368. The first kappa shape index (κ1) is 16.3. The summed E-state index contributed by atoms with van der Waals surface area (Å²) in [7, 11) is 0. The molecule has 0 spiro atoms. The summed E-state index contributed by atoms with van der Waals surface area (Å²) < 4.78 is 13.7. The van der Waals surface area contributed by atoms with Gasteiger partial charge in [-0.1, -0.05) is 29.4 Å². The number of carbonyl (C=O) groups is 3. The average molecular weight is 357 g/mol. The van der Waals surface area contributed by atoms with E-state index in [0.717, 1.165) is 11.8 Å². The SMILES string of the molecule is O=C(CCc1c(F)cccc1Cl)N1CC(N2C(=O)CSC2=O)C1. The Morgan fingerprint density at radius 3 is 2.70 bits per heavy atom. The van der Waals surface area contributed by atoms with Crippen LogP contribution in [0.15, 0.2) is 18.2 Å². The fourth-order valence-corrected chi connectivity index (χ4v) is 3.73. The molecule has 3 rings (SSSR count). The van der Waals surface area contributed by atoms with Gasteiger partial charge in [-0.05, 0) is 18.6 Å². The van der Waals surface area contributed by atoms with Gasteiger partial charge in [0.25, 0.3) is 5.24 Å². The first-order valence-corrected chi connectivity index (χ1v) is 8.53. The van der Waals surface area contributed by atoms with Gasteiger partial charge in [-0.3, -0.25) is 19.3 Å². The molecule has 3 amide bonds. The van der Waals surface area contributed by atoms with E-state index in [9.17, 15) is 18.8 Å². The molecule has 0 N–H and O–H groups in total. The highest BCUT2D eigenvalue weighted by Crippen LogP contribution is 2.27. The van der Waals surface area contributed by atoms with Gasteiger partial charge < -0.3 is 4.90 Å². The molecule has 0 radical (unpaired) electrons. The second-order valence-corrected chi connectivity index (χ2v) is 6.80. The van der Waals surface area contributed by atoms with Gasteiger partial charge in [-0.15, -0.1) is 0 Å². The summed E-state index contributed by atoms with van der Waals surface area (Å²) in [4.78, 5) is 38.1. The van der Waals surface area contributed by atoms with Crippen molar-refractivity contribution in [1.82, 2.24) is 9.80 Å². The normalized spacial score (nSPS) is 18.5. The lowest BCUT2D eigenvalue weighted by Gasteiger charge is -2.42.